The summed E-state index contributed by atoms with van der Waals surface area (Å²) in [4.78, 5) is 4.80. The van der Waals surface area contributed by atoms with Gasteiger partial charge in [0.05, 0.1) is 4.34 Å². The van der Waals surface area contributed by atoms with Gasteiger partial charge in [0.2, 0.25) is 0 Å². The van der Waals surface area contributed by atoms with E-state index in [4.69, 9.17) is 11.6 Å². The number of fused-ring (bicyclic) bond motifs is 1. The average Bonchev–Trinajstić information content (AvgIpc) is 3.13. The highest BCUT2D eigenvalue weighted by Gasteiger charge is 2.23. The number of H-pyrrole nitrogens is 1. The zero-order valence-electron chi connectivity index (χ0n) is 12.7. The molecule has 114 valence electrons. The monoisotopic (exact) mass is 337 g/mol. The van der Waals surface area contributed by atoms with E-state index >= 15 is 0 Å². The summed E-state index contributed by atoms with van der Waals surface area (Å²) in [7, 11) is 0. The summed E-state index contributed by atoms with van der Waals surface area (Å²) in [5.41, 5.74) is 5.03. The Labute approximate surface area is 144 Å². The van der Waals surface area contributed by atoms with Crippen LogP contribution in [0.4, 0.5) is 0 Å². The van der Waals surface area contributed by atoms with Crippen molar-refractivity contribution < 1.29 is 0 Å². The largest absolute Gasteiger partial charge is 0.358 e. The van der Waals surface area contributed by atoms with E-state index in [-0.39, 0.29) is 5.92 Å². The number of hydrogen-bond donors (Lipinski definition) is 1. The first-order valence-electron chi connectivity index (χ1n) is 7.61. The summed E-state index contributed by atoms with van der Waals surface area (Å²) in [5.74, 6) is 0.199. The predicted octanol–water partition coefficient (Wildman–Crippen LogP) is 6.37. The summed E-state index contributed by atoms with van der Waals surface area (Å²) in [5, 5.41) is 1.28. The second kappa shape index (κ2) is 5.88. The van der Waals surface area contributed by atoms with Crippen LogP contribution in [0.2, 0.25) is 4.34 Å². The fraction of sp³-hybridized carbons (Fsp3) is 0.100. The Morgan fingerprint density at radius 1 is 0.913 bits per heavy atom. The summed E-state index contributed by atoms with van der Waals surface area (Å²) in [6.45, 7) is 2.15. The SMILES string of the molecule is Cc1[nH]c2ccccc2c1[C@H](c1ccccc1)c1ccc(Cl)s1. The van der Waals surface area contributed by atoms with Crippen LogP contribution in [0.15, 0.2) is 66.7 Å². The van der Waals surface area contributed by atoms with E-state index in [1.54, 1.807) is 11.3 Å². The number of benzene rings is 2. The number of aryl methyl sites for hydroxylation is 1. The maximum Gasteiger partial charge on any atom is 0.0931 e. The smallest absolute Gasteiger partial charge is 0.0931 e. The molecule has 0 unspecified atom stereocenters. The lowest BCUT2D eigenvalue weighted by molar-refractivity contribution is 0.994. The van der Waals surface area contributed by atoms with Crippen LogP contribution in [0, 0.1) is 6.92 Å². The van der Waals surface area contributed by atoms with Crippen LogP contribution in [0.3, 0.4) is 0 Å². The van der Waals surface area contributed by atoms with Crippen LogP contribution in [0.1, 0.15) is 27.6 Å². The number of aromatic amines is 1. The van der Waals surface area contributed by atoms with Gasteiger partial charge >= 0.3 is 0 Å². The van der Waals surface area contributed by atoms with Crippen LogP contribution in [0.5, 0.6) is 0 Å². The van der Waals surface area contributed by atoms with Gasteiger partial charge in [0.1, 0.15) is 0 Å². The Kier molecular flexibility index (Phi) is 3.72. The number of thiophene rings is 1. The Balaban J connectivity index is 2.00. The highest BCUT2D eigenvalue weighted by Crippen LogP contribution is 2.41. The number of rotatable bonds is 3. The first kappa shape index (κ1) is 14.6. The van der Waals surface area contributed by atoms with Crippen molar-refractivity contribution in [2.24, 2.45) is 0 Å². The molecule has 0 fully saturated rings. The molecule has 0 amide bonds. The predicted molar refractivity (Wildman–Crippen MR) is 99.8 cm³/mol. The minimum absolute atomic E-state index is 0.199. The lowest BCUT2D eigenvalue weighted by Gasteiger charge is -2.17. The third-order valence-corrected chi connectivity index (χ3v) is 5.54. The van der Waals surface area contributed by atoms with Crippen LogP contribution in [-0.4, -0.2) is 4.98 Å². The fourth-order valence-corrected chi connectivity index (χ4v) is 4.47. The van der Waals surface area contributed by atoms with Gasteiger partial charge in [0.15, 0.2) is 0 Å². The second-order valence-corrected chi connectivity index (χ2v) is 7.44. The van der Waals surface area contributed by atoms with E-state index in [1.807, 2.05) is 6.07 Å². The van der Waals surface area contributed by atoms with Crippen molar-refractivity contribution in [2.45, 2.75) is 12.8 Å². The Hall–Kier alpha value is -2.03. The molecule has 0 spiro atoms. The molecule has 0 aliphatic carbocycles. The molecule has 3 heteroatoms. The molecule has 0 bridgehead atoms. The molecule has 0 saturated carbocycles. The van der Waals surface area contributed by atoms with E-state index in [0.29, 0.717) is 0 Å². The number of hydrogen-bond acceptors (Lipinski definition) is 1. The lowest BCUT2D eigenvalue weighted by atomic mass is 9.88. The molecule has 1 atom stereocenters. The van der Waals surface area contributed by atoms with Crippen molar-refractivity contribution in [3.05, 3.63) is 92.8 Å². The van der Waals surface area contributed by atoms with Crippen molar-refractivity contribution in [3.63, 3.8) is 0 Å². The minimum Gasteiger partial charge on any atom is -0.358 e. The van der Waals surface area contributed by atoms with Crippen molar-refractivity contribution in [2.75, 3.05) is 0 Å². The summed E-state index contributed by atoms with van der Waals surface area (Å²) in [6.07, 6.45) is 0. The Morgan fingerprint density at radius 3 is 2.39 bits per heavy atom. The van der Waals surface area contributed by atoms with Gasteiger partial charge in [-0.15, -0.1) is 11.3 Å². The zero-order valence-corrected chi connectivity index (χ0v) is 14.3. The number of nitrogens with one attached hydrogen (secondary N) is 1. The van der Waals surface area contributed by atoms with Crippen LogP contribution in [0.25, 0.3) is 10.9 Å². The van der Waals surface area contributed by atoms with Gasteiger partial charge in [-0.1, -0.05) is 60.1 Å². The number of halogens is 1. The molecule has 0 aliphatic rings. The topological polar surface area (TPSA) is 15.8 Å². The molecule has 4 aromatic rings. The van der Waals surface area contributed by atoms with E-state index in [2.05, 4.69) is 72.6 Å². The molecule has 2 aromatic heterocycles. The molecule has 2 aromatic carbocycles. The van der Waals surface area contributed by atoms with Gasteiger partial charge in [-0.2, -0.15) is 0 Å². The Morgan fingerprint density at radius 2 is 1.65 bits per heavy atom. The standard InChI is InChI=1S/C20H16ClNS/c1-13-19(15-9-5-6-10-16(15)22-13)20(14-7-3-2-4-8-14)17-11-12-18(21)23-17/h2-12,20,22H,1H3/t20-/m1/s1. The first-order valence-corrected chi connectivity index (χ1v) is 8.81. The summed E-state index contributed by atoms with van der Waals surface area (Å²) < 4.78 is 0.832. The number of para-hydroxylation sites is 1. The van der Waals surface area contributed by atoms with E-state index in [1.165, 1.54) is 32.6 Å². The summed E-state index contributed by atoms with van der Waals surface area (Å²) >= 11 is 7.88. The molecule has 0 aliphatic heterocycles. The quantitative estimate of drug-likeness (QED) is 0.447. The van der Waals surface area contributed by atoms with Gasteiger partial charge in [-0.3, -0.25) is 0 Å². The van der Waals surface area contributed by atoms with Crippen molar-refractivity contribution in [3.8, 4) is 0 Å². The Bertz CT molecular complexity index is 952. The van der Waals surface area contributed by atoms with Crippen LogP contribution < -0.4 is 0 Å². The van der Waals surface area contributed by atoms with Crippen molar-refractivity contribution in [1.29, 1.82) is 0 Å². The maximum absolute atomic E-state index is 6.22. The highest BCUT2D eigenvalue weighted by molar-refractivity contribution is 7.16. The van der Waals surface area contributed by atoms with E-state index in [9.17, 15) is 0 Å². The van der Waals surface area contributed by atoms with Gasteiger partial charge in [-0.05, 0) is 36.2 Å². The molecule has 1 nitrogen and oxygen atoms in total. The molecule has 2 heterocycles. The number of aromatic nitrogens is 1. The molecule has 0 saturated heterocycles. The van der Waals surface area contributed by atoms with E-state index in [0.717, 1.165) is 4.34 Å². The molecule has 1 N–H and O–H groups in total. The molecule has 0 radical (unpaired) electrons. The van der Waals surface area contributed by atoms with Gasteiger partial charge in [0, 0.05) is 27.4 Å². The highest BCUT2D eigenvalue weighted by atomic mass is 35.5. The average molecular weight is 338 g/mol. The maximum atomic E-state index is 6.22. The van der Waals surface area contributed by atoms with E-state index < -0.39 is 0 Å². The summed E-state index contributed by atoms with van der Waals surface area (Å²) in [6, 6.07) is 23.3. The third kappa shape index (κ3) is 2.58. The van der Waals surface area contributed by atoms with Gasteiger partial charge in [-0.25, -0.2) is 0 Å². The van der Waals surface area contributed by atoms with Gasteiger partial charge < -0.3 is 4.98 Å². The lowest BCUT2D eigenvalue weighted by Crippen LogP contribution is -2.02. The molecule has 23 heavy (non-hydrogen) atoms. The van der Waals surface area contributed by atoms with Gasteiger partial charge in [0.25, 0.3) is 0 Å². The zero-order chi connectivity index (χ0) is 15.8. The van der Waals surface area contributed by atoms with Crippen molar-refractivity contribution >= 4 is 33.8 Å². The fourth-order valence-electron chi connectivity index (χ4n) is 3.27. The minimum atomic E-state index is 0.199. The normalized spacial score (nSPS) is 12.6. The van der Waals surface area contributed by atoms with Crippen LogP contribution in [-0.2, 0) is 0 Å². The van der Waals surface area contributed by atoms with Crippen LogP contribution >= 0.6 is 22.9 Å². The first-order chi connectivity index (χ1) is 11.2. The second-order valence-electron chi connectivity index (χ2n) is 5.69. The molecular weight excluding hydrogens is 322 g/mol. The molecule has 4 rings (SSSR count). The molecular formula is C20H16ClNS. The van der Waals surface area contributed by atoms with Crippen molar-refractivity contribution in [1.82, 2.24) is 4.98 Å². The third-order valence-electron chi connectivity index (χ3n) is 4.24.